The number of benzene rings is 1. The molecule has 20 heavy (non-hydrogen) atoms. The fourth-order valence-corrected chi connectivity index (χ4v) is 2.18. The minimum absolute atomic E-state index is 0.0433. The molecule has 1 rings (SSSR count). The molecule has 0 fully saturated rings. The number of rotatable bonds is 7. The highest BCUT2D eigenvalue weighted by Gasteiger charge is 2.20. The standard InChI is InChI=1S/C16H24ClNO2/c1-12-6-7-14(20-4)13(10-12)15(19)18-11-16(2,3)8-5-9-17/h6-7,10H,5,8-9,11H2,1-4H3,(H,18,19). The second kappa shape index (κ2) is 7.53. The van der Waals surface area contributed by atoms with Crippen LogP contribution in [0.4, 0.5) is 0 Å². The van der Waals surface area contributed by atoms with Crippen LogP contribution in [0.3, 0.4) is 0 Å². The van der Waals surface area contributed by atoms with Crippen LogP contribution in [0.2, 0.25) is 0 Å². The lowest BCUT2D eigenvalue weighted by Gasteiger charge is -2.24. The molecular formula is C16H24ClNO2. The summed E-state index contributed by atoms with van der Waals surface area (Å²) in [5.74, 6) is 1.17. The number of ether oxygens (including phenoxy) is 1. The summed E-state index contributed by atoms with van der Waals surface area (Å²) in [7, 11) is 1.58. The number of hydrogen-bond acceptors (Lipinski definition) is 2. The van der Waals surface area contributed by atoms with Crippen LogP contribution in [0.25, 0.3) is 0 Å². The molecule has 1 aromatic rings. The van der Waals surface area contributed by atoms with E-state index in [4.69, 9.17) is 16.3 Å². The molecule has 0 unspecified atom stereocenters. The molecule has 4 heteroatoms. The Labute approximate surface area is 126 Å². The smallest absolute Gasteiger partial charge is 0.255 e. The van der Waals surface area contributed by atoms with E-state index < -0.39 is 0 Å². The third kappa shape index (κ3) is 5.04. The number of aryl methyl sites for hydroxylation is 1. The number of hydrogen-bond donors (Lipinski definition) is 1. The molecule has 112 valence electrons. The molecule has 0 bridgehead atoms. The van der Waals surface area contributed by atoms with E-state index in [1.54, 1.807) is 7.11 Å². The fourth-order valence-electron chi connectivity index (χ4n) is 2.05. The second-order valence-corrected chi connectivity index (χ2v) is 6.22. The van der Waals surface area contributed by atoms with E-state index in [2.05, 4.69) is 19.2 Å². The summed E-state index contributed by atoms with van der Waals surface area (Å²) in [6.07, 6.45) is 1.94. The summed E-state index contributed by atoms with van der Waals surface area (Å²) in [4.78, 5) is 12.3. The van der Waals surface area contributed by atoms with Gasteiger partial charge in [0.25, 0.3) is 5.91 Å². The molecule has 0 radical (unpaired) electrons. The van der Waals surface area contributed by atoms with Crippen LogP contribution in [0, 0.1) is 12.3 Å². The molecular weight excluding hydrogens is 274 g/mol. The molecule has 3 nitrogen and oxygen atoms in total. The maximum Gasteiger partial charge on any atom is 0.255 e. The number of amides is 1. The van der Waals surface area contributed by atoms with Crippen molar-refractivity contribution in [1.29, 1.82) is 0 Å². The summed E-state index contributed by atoms with van der Waals surface area (Å²) in [6, 6.07) is 5.60. The van der Waals surface area contributed by atoms with E-state index in [1.807, 2.05) is 25.1 Å². The minimum Gasteiger partial charge on any atom is -0.496 e. The van der Waals surface area contributed by atoms with Crippen molar-refractivity contribution in [2.24, 2.45) is 5.41 Å². The molecule has 0 heterocycles. The number of carbonyl (C=O) groups is 1. The number of alkyl halides is 1. The van der Waals surface area contributed by atoms with Crippen LogP contribution in [-0.2, 0) is 0 Å². The first-order chi connectivity index (χ1) is 9.39. The number of methoxy groups -OCH3 is 1. The van der Waals surface area contributed by atoms with E-state index in [0.29, 0.717) is 23.7 Å². The van der Waals surface area contributed by atoms with Gasteiger partial charge in [0.05, 0.1) is 12.7 Å². The van der Waals surface area contributed by atoms with Gasteiger partial charge in [0, 0.05) is 12.4 Å². The Morgan fingerprint density at radius 2 is 2.10 bits per heavy atom. The molecule has 1 N–H and O–H groups in total. The zero-order valence-corrected chi connectivity index (χ0v) is 13.5. The van der Waals surface area contributed by atoms with E-state index in [0.717, 1.165) is 18.4 Å². The quantitative estimate of drug-likeness (QED) is 0.778. The average Bonchev–Trinajstić information content (AvgIpc) is 2.42. The van der Waals surface area contributed by atoms with Gasteiger partial charge in [0.15, 0.2) is 0 Å². The van der Waals surface area contributed by atoms with E-state index >= 15 is 0 Å². The molecule has 0 saturated carbocycles. The van der Waals surface area contributed by atoms with Crippen molar-refractivity contribution in [3.63, 3.8) is 0 Å². The third-order valence-corrected chi connectivity index (χ3v) is 3.58. The van der Waals surface area contributed by atoms with Gasteiger partial charge in [-0.25, -0.2) is 0 Å². The van der Waals surface area contributed by atoms with E-state index in [9.17, 15) is 4.79 Å². The largest absolute Gasteiger partial charge is 0.496 e. The Kier molecular flexibility index (Phi) is 6.34. The lowest BCUT2D eigenvalue weighted by molar-refractivity contribution is 0.0931. The van der Waals surface area contributed by atoms with Crippen molar-refractivity contribution in [2.45, 2.75) is 33.6 Å². The normalized spacial score (nSPS) is 11.2. The predicted molar refractivity (Wildman–Crippen MR) is 83.8 cm³/mol. The zero-order chi connectivity index (χ0) is 15.2. The summed E-state index contributed by atoms with van der Waals surface area (Å²) in [5.41, 5.74) is 1.67. The van der Waals surface area contributed by atoms with Crippen molar-refractivity contribution in [3.05, 3.63) is 29.3 Å². The summed E-state index contributed by atoms with van der Waals surface area (Å²) < 4.78 is 5.24. The molecule has 0 aromatic heterocycles. The van der Waals surface area contributed by atoms with Gasteiger partial charge in [-0.2, -0.15) is 0 Å². The SMILES string of the molecule is COc1ccc(C)cc1C(=O)NCC(C)(C)CCCCl. The Morgan fingerprint density at radius 1 is 1.40 bits per heavy atom. The lowest BCUT2D eigenvalue weighted by Crippen LogP contribution is -2.34. The topological polar surface area (TPSA) is 38.3 Å². The third-order valence-electron chi connectivity index (χ3n) is 3.31. The molecule has 0 aliphatic rings. The first-order valence-electron chi connectivity index (χ1n) is 6.88. The second-order valence-electron chi connectivity index (χ2n) is 5.84. The van der Waals surface area contributed by atoms with Crippen molar-refractivity contribution in [2.75, 3.05) is 19.5 Å². The van der Waals surface area contributed by atoms with Gasteiger partial charge in [-0.15, -0.1) is 11.6 Å². The summed E-state index contributed by atoms with van der Waals surface area (Å²) in [6.45, 7) is 6.85. The Hall–Kier alpha value is -1.22. The maximum absolute atomic E-state index is 12.3. The van der Waals surface area contributed by atoms with Gasteiger partial charge in [-0.3, -0.25) is 4.79 Å². The van der Waals surface area contributed by atoms with Crippen LogP contribution in [0.5, 0.6) is 5.75 Å². The molecule has 1 amide bonds. The number of carbonyl (C=O) groups excluding carboxylic acids is 1. The zero-order valence-electron chi connectivity index (χ0n) is 12.8. The highest BCUT2D eigenvalue weighted by Crippen LogP contribution is 2.23. The van der Waals surface area contributed by atoms with Crippen molar-refractivity contribution in [1.82, 2.24) is 5.32 Å². The minimum atomic E-state index is -0.0931. The first kappa shape index (κ1) is 16.8. The van der Waals surface area contributed by atoms with Crippen molar-refractivity contribution >= 4 is 17.5 Å². The first-order valence-corrected chi connectivity index (χ1v) is 7.42. The van der Waals surface area contributed by atoms with Gasteiger partial charge < -0.3 is 10.1 Å². The fraction of sp³-hybridized carbons (Fsp3) is 0.562. The predicted octanol–water partition coefficient (Wildman–Crippen LogP) is 3.78. The van der Waals surface area contributed by atoms with E-state index in [1.165, 1.54) is 0 Å². The molecule has 0 aliphatic heterocycles. The maximum atomic E-state index is 12.3. The van der Waals surface area contributed by atoms with Crippen molar-refractivity contribution in [3.8, 4) is 5.75 Å². The van der Waals surface area contributed by atoms with Crippen LogP contribution < -0.4 is 10.1 Å². The highest BCUT2D eigenvalue weighted by atomic mass is 35.5. The van der Waals surface area contributed by atoms with Gasteiger partial charge in [0.2, 0.25) is 0 Å². The lowest BCUT2D eigenvalue weighted by atomic mass is 9.88. The van der Waals surface area contributed by atoms with Crippen LogP contribution in [-0.4, -0.2) is 25.4 Å². The summed E-state index contributed by atoms with van der Waals surface area (Å²) in [5, 5.41) is 2.99. The van der Waals surface area contributed by atoms with Gasteiger partial charge in [-0.05, 0) is 37.3 Å². The molecule has 0 aliphatic carbocycles. The monoisotopic (exact) mass is 297 g/mol. The van der Waals surface area contributed by atoms with E-state index in [-0.39, 0.29) is 11.3 Å². The average molecular weight is 298 g/mol. The molecule has 0 atom stereocenters. The van der Waals surface area contributed by atoms with Gasteiger partial charge in [-0.1, -0.05) is 25.5 Å². The molecule has 0 saturated heterocycles. The Balaban J connectivity index is 2.69. The number of halogens is 1. The molecule has 1 aromatic carbocycles. The van der Waals surface area contributed by atoms with Gasteiger partial charge >= 0.3 is 0 Å². The Bertz CT molecular complexity index is 458. The highest BCUT2D eigenvalue weighted by molar-refractivity contribution is 6.17. The van der Waals surface area contributed by atoms with Crippen LogP contribution in [0.15, 0.2) is 18.2 Å². The van der Waals surface area contributed by atoms with Crippen LogP contribution in [0.1, 0.15) is 42.6 Å². The summed E-state index contributed by atoms with van der Waals surface area (Å²) >= 11 is 5.72. The Morgan fingerprint density at radius 3 is 2.70 bits per heavy atom. The van der Waals surface area contributed by atoms with Crippen molar-refractivity contribution < 1.29 is 9.53 Å². The molecule has 0 spiro atoms. The van der Waals surface area contributed by atoms with Gasteiger partial charge in [0.1, 0.15) is 5.75 Å². The van der Waals surface area contributed by atoms with Crippen LogP contribution >= 0.6 is 11.6 Å². The number of nitrogens with one attached hydrogen (secondary N) is 1.